The molecule has 0 heterocycles. The Morgan fingerprint density at radius 3 is 1.76 bits per heavy atom. The van der Waals surface area contributed by atoms with E-state index in [0.29, 0.717) is 0 Å². The highest BCUT2D eigenvalue weighted by atomic mass is 79.9. The van der Waals surface area contributed by atoms with E-state index in [1.54, 1.807) is 0 Å². The Balaban J connectivity index is 1.98. The molecule has 0 aliphatic heterocycles. The highest BCUT2D eigenvalue weighted by Crippen LogP contribution is 2.68. The van der Waals surface area contributed by atoms with Gasteiger partial charge in [-0.3, -0.25) is 7.57 Å². The second-order valence-electron chi connectivity index (χ2n) is 6.87. The molecule has 2 aliphatic rings. The lowest BCUT2D eigenvalue weighted by molar-refractivity contribution is 0.485. The molecule has 0 aromatic heterocycles. The molecule has 3 radical (unpaired) electrons. The van der Waals surface area contributed by atoms with Crippen LogP contribution in [0.5, 0.6) is 0 Å². The number of hydrogen-bond donors (Lipinski definition) is 0. The summed E-state index contributed by atoms with van der Waals surface area (Å²) >= 11 is 3.81. The molecule has 2 saturated carbocycles. The fourth-order valence-corrected chi connectivity index (χ4v) is 10.3. The molecule has 113 valence electrons. The van der Waals surface area contributed by atoms with Gasteiger partial charge in [0, 0.05) is 11.3 Å². The number of hydrogen-bond acceptors (Lipinski definition) is 0. The van der Waals surface area contributed by atoms with Crippen LogP contribution in [0.2, 0.25) is 0 Å². The molecule has 3 heteroatoms. The standard InChI is InChI=1S/C18H26BBrP/c19-21(15-9-3-1-4-10-15,16-11-5-2-6-12-16)18-14-8-7-13-17(18)20/h7-8,13-16H,1-6,9-12H2. The van der Waals surface area contributed by atoms with Gasteiger partial charge in [-0.1, -0.05) is 25.0 Å². The molecular weight excluding hydrogens is 338 g/mol. The van der Waals surface area contributed by atoms with Crippen LogP contribution >= 0.6 is 23.1 Å². The van der Waals surface area contributed by atoms with Crippen LogP contribution in [0.1, 0.15) is 64.2 Å². The third kappa shape index (κ3) is 3.27. The van der Waals surface area contributed by atoms with Crippen LogP contribution in [0.3, 0.4) is 0 Å². The molecule has 2 fully saturated rings. The smallest absolute Gasteiger partial charge is 0.0564 e. The van der Waals surface area contributed by atoms with E-state index in [1.807, 2.05) is 0 Å². The van der Waals surface area contributed by atoms with Crippen molar-refractivity contribution < 1.29 is 0 Å². The van der Waals surface area contributed by atoms with E-state index in [0.717, 1.165) is 11.3 Å². The van der Waals surface area contributed by atoms with E-state index in [4.69, 9.17) is 7.57 Å². The van der Waals surface area contributed by atoms with Crippen LogP contribution < -0.4 is 5.30 Å². The maximum Gasteiger partial charge on any atom is 0.0564 e. The summed E-state index contributed by atoms with van der Waals surface area (Å²) in [5.74, 6) is 0. The molecule has 0 spiro atoms. The molecule has 0 nitrogen and oxygen atoms in total. The fourth-order valence-electron chi connectivity index (χ4n) is 4.47. The van der Waals surface area contributed by atoms with Gasteiger partial charge < -0.3 is 0 Å². The van der Waals surface area contributed by atoms with Gasteiger partial charge in [-0.25, -0.2) is 7.14 Å². The van der Waals surface area contributed by atoms with Crippen LogP contribution in [0.25, 0.3) is 0 Å². The van der Waals surface area contributed by atoms with Crippen molar-refractivity contribution in [1.29, 1.82) is 0 Å². The molecule has 1 aromatic carbocycles. The van der Waals surface area contributed by atoms with E-state index in [2.05, 4.69) is 40.2 Å². The van der Waals surface area contributed by atoms with Crippen LogP contribution in [0.4, 0.5) is 0 Å². The Kier molecular flexibility index (Phi) is 5.49. The van der Waals surface area contributed by atoms with Crippen molar-refractivity contribution in [3.63, 3.8) is 0 Å². The van der Waals surface area contributed by atoms with Crippen molar-refractivity contribution in [2.24, 2.45) is 0 Å². The molecule has 0 unspecified atom stereocenters. The molecule has 21 heavy (non-hydrogen) atoms. The predicted octanol–water partition coefficient (Wildman–Crippen LogP) is 5.84. The van der Waals surface area contributed by atoms with Gasteiger partial charge in [-0.15, -0.1) is 0 Å². The summed E-state index contributed by atoms with van der Waals surface area (Å²) in [5.41, 5.74) is 1.54. The molecule has 0 amide bonds. The number of halogens is 1. The van der Waals surface area contributed by atoms with Crippen molar-refractivity contribution in [3.8, 4) is 0 Å². The van der Waals surface area contributed by atoms with E-state index in [9.17, 15) is 0 Å². The molecule has 3 rings (SSSR count). The summed E-state index contributed by atoms with van der Waals surface area (Å²) in [6.07, 6.45) is 13.8. The first kappa shape index (κ1) is 16.1. The SMILES string of the molecule is [B-][P+](c1ccccc1Br)(C1CCCCC1)C1CCCCC1. The van der Waals surface area contributed by atoms with Gasteiger partial charge in [0.25, 0.3) is 0 Å². The van der Waals surface area contributed by atoms with Crippen molar-refractivity contribution in [3.05, 3.63) is 28.7 Å². The quantitative estimate of drug-likeness (QED) is 0.467. The largest absolute Gasteiger partial charge is 0.298 e. The minimum absolute atomic E-state index is 0.771. The Morgan fingerprint density at radius 1 is 0.810 bits per heavy atom. The maximum atomic E-state index is 7.35. The second kappa shape index (κ2) is 7.18. The molecule has 0 bridgehead atoms. The Morgan fingerprint density at radius 2 is 1.29 bits per heavy atom. The van der Waals surface area contributed by atoms with Crippen molar-refractivity contribution in [2.45, 2.75) is 75.5 Å². The first-order valence-electron chi connectivity index (χ1n) is 8.65. The fraction of sp³-hybridized carbons (Fsp3) is 0.667. The second-order valence-corrected chi connectivity index (χ2v) is 11.3. The summed E-state index contributed by atoms with van der Waals surface area (Å²) < 4.78 is 1.26. The lowest BCUT2D eigenvalue weighted by atomic mass is 9.99. The number of benzene rings is 1. The van der Waals surface area contributed by atoms with Gasteiger partial charge in [0.2, 0.25) is 0 Å². The lowest BCUT2D eigenvalue weighted by Crippen LogP contribution is -2.35. The monoisotopic (exact) mass is 363 g/mol. The first-order valence-corrected chi connectivity index (χ1v) is 11.4. The third-order valence-corrected chi connectivity index (χ3v) is 11.3. The Bertz CT molecular complexity index is 446. The minimum atomic E-state index is -1.56. The van der Waals surface area contributed by atoms with Gasteiger partial charge in [-0.05, 0) is 79.4 Å². The van der Waals surface area contributed by atoms with Gasteiger partial charge >= 0.3 is 0 Å². The molecule has 0 atom stereocenters. The summed E-state index contributed by atoms with van der Waals surface area (Å²) in [5, 5.41) is 1.48. The molecular formula is C18H26BBrP. The highest BCUT2D eigenvalue weighted by molar-refractivity contribution is 9.10. The van der Waals surface area contributed by atoms with Gasteiger partial charge in [-0.2, -0.15) is 0 Å². The third-order valence-electron chi connectivity index (χ3n) is 5.63. The van der Waals surface area contributed by atoms with Crippen LogP contribution in [-0.2, 0) is 0 Å². The zero-order chi connectivity index (χ0) is 14.7. The minimum Gasteiger partial charge on any atom is -0.298 e. The van der Waals surface area contributed by atoms with Crippen LogP contribution in [-0.4, -0.2) is 18.9 Å². The van der Waals surface area contributed by atoms with E-state index >= 15 is 0 Å². The lowest BCUT2D eigenvalue weighted by Gasteiger charge is -2.52. The normalized spacial score (nSPS) is 22.4. The number of rotatable bonds is 3. The van der Waals surface area contributed by atoms with Crippen molar-refractivity contribution >= 4 is 35.9 Å². The Labute approximate surface area is 140 Å². The van der Waals surface area contributed by atoms with Gasteiger partial charge in [0.05, 0.1) is 9.78 Å². The molecule has 1 aromatic rings. The van der Waals surface area contributed by atoms with E-state index in [1.165, 1.54) is 74.0 Å². The summed E-state index contributed by atoms with van der Waals surface area (Å²) in [7, 11) is 5.79. The molecule has 0 N–H and O–H groups in total. The first-order chi connectivity index (χ1) is 10.2. The highest BCUT2D eigenvalue weighted by Gasteiger charge is 2.40. The maximum absolute atomic E-state index is 7.35. The zero-order valence-electron chi connectivity index (χ0n) is 12.9. The summed E-state index contributed by atoms with van der Waals surface area (Å²) in [6, 6.07) is 8.83. The van der Waals surface area contributed by atoms with Gasteiger partial charge in [0.15, 0.2) is 0 Å². The van der Waals surface area contributed by atoms with Crippen LogP contribution in [0, 0.1) is 0 Å². The van der Waals surface area contributed by atoms with E-state index < -0.39 is 7.14 Å². The van der Waals surface area contributed by atoms with Crippen molar-refractivity contribution in [2.75, 3.05) is 0 Å². The summed E-state index contributed by atoms with van der Waals surface area (Å²) in [6.45, 7) is 0. The van der Waals surface area contributed by atoms with Crippen LogP contribution in [0.15, 0.2) is 28.7 Å². The Hall–Kier alpha value is 0.195. The average molecular weight is 364 g/mol. The topological polar surface area (TPSA) is 0 Å². The molecule has 2 aliphatic carbocycles. The molecule has 0 saturated heterocycles. The van der Waals surface area contributed by atoms with Crippen molar-refractivity contribution in [1.82, 2.24) is 0 Å². The average Bonchev–Trinajstić information content (AvgIpc) is 2.56. The van der Waals surface area contributed by atoms with E-state index in [-0.39, 0.29) is 0 Å². The van der Waals surface area contributed by atoms with Gasteiger partial charge in [0.1, 0.15) is 0 Å². The predicted molar refractivity (Wildman–Crippen MR) is 100 cm³/mol. The zero-order valence-corrected chi connectivity index (χ0v) is 15.4. The summed E-state index contributed by atoms with van der Waals surface area (Å²) in [4.78, 5) is 0.